The summed E-state index contributed by atoms with van der Waals surface area (Å²) in [5.41, 5.74) is 4.52. The van der Waals surface area contributed by atoms with Crippen molar-refractivity contribution in [1.82, 2.24) is 4.98 Å². The number of rotatable bonds is 2. The second-order valence-corrected chi connectivity index (χ2v) is 3.81. The van der Waals surface area contributed by atoms with Crippen LogP contribution in [0, 0.1) is 0 Å². The van der Waals surface area contributed by atoms with Crippen LogP contribution in [0.1, 0.15) is 11.1 Å². The van der Waals surface area contributed by atoms with Gasteiger partial charge in [0.25, 0.3) is 0 Å². The SMILES string of the molecule is NC(=O)Cc1ccc(C(F)(F)F)c2ncccc12. The monoisotopic (exact) mass is 254 g/mol. The maximum absolute atomic E-state index is 12.8. The summed E-state index contributed by atoms with van der Waals surface area (Å²) in [5.74, 6) is -0.597. The number of alkyl halides is 3. The fourth-order valence-electron chi connectivity index (χ4n) is 1.80. The molecule has 1 amide bonds. The van der Waals surface area contributed by atoms with Crippen LogP contribution in [0.4, 0.5) is 13.2 Å². The van der Waals surface area contributed by atoms with Crippen molar-refractivity contribution in [3.8, 4) is 0 Å². The third-order valence-electron chi connectivity index (χ3n) is 2.53. The Morgan fingerprint density at radius 1 is 1.28 bits per heavy atom. The number of aromatic nitrogens is 1. The van der Waals surface area contributed by atoms with Gasteiger partial charge in [0.1, 0.15) is 0 Å². The van der Waals surface area contributed by atoms with E-state index in [1.165, 1.54) is 24.4 Å². The summed E-state index contributed by atoms with van der Waals surface area (Å²) in [6, 6.07) is 5.20. The number of carbonyl (C=O) groups is 1. The predicted molar refractivity (Wildman–Crippen MR) is 59.6 cm³/mol. The largest absolute Gasteiger partial charge is 0.418 e. The van der Waals surface area contributed by atoms with Crippen molar-refractivity contribution in [1.29, 1.82) is 0 Å². The van der Waals surface area contributed by atoms with Crippen molar-refractivity contribution < 1.29 is 18.0 Å². The van der Waals surface area contributed by atoms with E-state index in [1.807, 2.05) is 0 Å². The zero-order valence-electron chi connectivity index (χ0n) is 9.16. The van der Waals surface area contributed by atoms with E-state index in [9.17, 15) is 18.0 Å². The summed E-state index contributed by atoms with van der Waals surface area (Å²) in [6.07, 6.45) is -3.30. The van der Waals surface area contributed by atoms with Gasteiger partial charge < -0.3 is 5.73 Å². The van der Waals surface area contributed by atoms with Gasteiger partial charge in [0.05, 0.1) is 17.5 Å². The lowest BCUT2D eigenvalue weighted by atomic mass is 10.0. The highest BCUT2D eigenvalue weighted by atomic mass is 19.4. The van der Waals surface area contributed by atoms with Crippen LogP contribution in [0.15, 0.2) is 30.5 Å². The molecule has 0 aliphatic carbocycles. The predicted octanol–water partition coefficient (Wildman–Crippen LogP) is 2.28. The molecule has 0 saturated heterocycles. The highest BCUT2D eigenvalue weighted by Gasteiger charge is 2.33. The third-order valence-corrected chi connectivity index (χ3v) is 2.53. The molecular formula is C12H9F3N2O. The van der Waals surface area contributed by atoms with Crippen molar-refractivity contribution in [3.63, 3.8) is 0 Å². The fourth-order valence-corrected chi connectivity index (χ4v) is 1.80. The van der Waals surface area contributed by atoms with E-state index in [2.05, 4.69) is 4.98 Å². The van der Waals surface area contributed by atoms with Gasteiger partial charge in [-0.05, 0) is 17.7 Å². The normalized spacial score (nSPS) is 11.7. The molecular weight excluding hydrogens is 245 g/mol. The first kappa shape index (κ1) is 12.3. The van der Waals surface area contributed by atoms with E-state index in [-0.39, 0.29) is 11.9 Å². The number of pyridine rings is 1. The number of carbonyl (C=O) groups excluding carboxylic acids is 1. The number of halogens is 3. The molecule has 2 N–H and O–H groups in total. The van der Waals surface area contributed by atoms with Gasteiger partial charge in [0.2, 0.25) is 5.91 Å². The molecule has 94 valence electrons. The number of hydrogen-bond acceptors (Lipinski definition) is 2. The van der Waals surface area contributed by atoms with Crippen LogP contribution in [0.5, 0.6) is 0 Å². The molecule has 1 heterocycles. The molecule has 0 spiro atoms. The van der Waals surface area contributed by atoms with Crippen LogP contribution in [0.2, 0.25) is 0 Å². The minimum atomic E-state index is -4.47. The Morgan fingerprint density at radius 3 is 2.61 bits per heavy atom. The van der Waals surface area contributed by atoms with Gasteiger partial charge >= 0.3 is 6.18 Å². The average molecular weight is 254 g/mol. The Labute approximate surface area is 100 Å². The maximum atomic E-state index is 12.8. The summed E-state index contributed by atoms with van der Waals surface area (Å²) in [5, 5.41) is 0.297. The molecule has 0 radical (unpaired) electrons. The molecule has 2 rings (SSSR count). The van der Waals surface area contributed by atoms with Crippen LogP contribution < -0.4 is 5.73 Å². The molecule has 0 saturated carbocycles. The smallest absolute Gasteiger partial charge is 0.369 e. The Kier molecular flexibility index (Phi) is 2.94. The topological polar surface area (TPSA) is 56.0 Å². The van der Waals surface area contributed by atoms with Crippen molar-refractivity contribution in [3.05, 3.63) is 41.6 Å². The molecule has 6 heteroatoms. The number of nitrogens with zero attached hydrogens (tertiary/aromatic N) is 1. The van der Waals surface area contributed by atoms with E-state index in [1.54, 1.807) is 0 Å². The molecule has 1 aromatic heterocycles. The second kappa shape index (κ2) is 4.29. The minimum Gasteiger partial charge on any atom is -0.369 e. The van der Waals surface area contributed by atoms with Crippen molar-refractivity contribution in [2.24, 2.45) is 5.73 Å². The molecule has 2 aromatic rings. The minimum absolute atomic E-state index is 0.111. The Hall–Kier alpha value is -2.11. The van der Waals surface area contributed by atoms with E-state index >= 15 is 0 Å². The van der Waals surface area contributed by atoms with Crippen molar-refractivity contribution in [2.45, 2.75) is 12.6 Å². The van der Waals surface area contributed by atoms with Gasteiger partial charge in [0.15, 0.2) is 0 Å². The first-order chi connectivity index (χ1) is 8.39. The zero-order valence-corrected chi connectivity index (χ0v) is 9.16. The summed E-state index contributed by atoms with van der Waals surface area (Å²) in [6.45, 7) is 0. The van der Waals surface area contributed by atoms with Crippen LogP contribution in [-0.4, -0.2) is 10.9 Å². The lowest BCUT2D eigenvalue weighted by molar-refractivity contribution is -0.136. The third kappa shape index (κ3) is 2.27. The highest BCUT2D eigenvalue weighted by molar-refractivity contribution is 5.89. The van der Waals surface area contributed by atoms with E-state index in [0.717, 1.165) is 6.07 Å². The Morgan fingerprint density at radius 2 is 2.00 bits per heavy atom. The van der Waals surface area contributed by atoms with Gasteiger partial charge in [-0.2, -0.15) is 13.2 Å². The number of amides is 1. The summed E-state index contributed by atoms with van der Waals surface area (Å²) in [4.78, 5) is 14.6. The van der Waals surface area contributed by atoms with Gasteiger partial charge in [-0.15, -0.1) is 0 Å². The van der Waals surface area contributed by atoms with Gasteiger partial charge in [-0.3, -0.25) is 9.78 Å². The summed E-state index contributed by atoms with van der Waals surface area (Å²) < 4.78 is 38.3. The lowest BCUT2D eigenvalue weighted by Gasteiger charge is -2.11. The Bertz CT molecular complexity index is 608. The number of hydrogen-bond donors (Lipinski definition) is 1. The molecule has 0 fully saturated rings. The molecule has 0 aliphatic heterocycles. The van der Waals surface area contributed by atoms with Gasteiger partial charge in [0, 0.05) is 11.6 Å². The quantitative estimate of drug-likeness (QED) is 0.893. The van der Waals surface area contributed by atoms with Crippen LogP contribution in [-0.2, 0) is 17.4 Å². The summed E-state index contributed by atoms with van der Waals surface area (Å²) >= 11 is 0. The molecule has 0 bridgehead atoms. The number of benzene rings is 1. The maximum Gasteiger partial charge on any atom is 0.418 e. The molecule has 1 aromatic carbocycles. The highest BCUT2D eigenvalue weighted by Crippen LogP contribution is 2.34. The zero-order chi connectivity index (χ0) is 13.3. The van der Waals surface area contributed by atoms with Crippen molar-refractivity contribution >= 4 is 16.8 Å². The molecule has 0 atom stereocenters. The van der Waals surface area contributed by atoms with Gasteiger partial charge in [-0.25, -0.2) is 0 Å². The molecule has 3 nitrogen and oxygen atoms in total. The van der Waals surface area contributed by atoms with Crippen molar-refractivity contribution in [2.75, 3.05) is 0 Å². The summed E-state index contributed by atoms with van der Waals surface area (Å²) in [7, 11) is 0. The lowest BCUT2D eigenvalue weighted by Crippen LogP contribution is -2.14. The van der Waals surface area contributed by atoms with E-state index < -0.39 is 17.6 Å². The standard InChI is InChI=1S/C12H9F3N2O/c13-12(14,15)9-4-3-7(6-10(16)18)8-2-1-5-17-11(8)9/h1-5H,6H2,(H2,16,18). The van der Waals surface area contributed by atoms with Crippen LogP contribution >= 0.6 is 0 Å². The second-order valence-electron chi connectivity index (χ2n) is 3.81. The van der Waals surface area contributed by atoms with Crippen LogP contribution in [0.25, 0.3) is 10.9 Å². The fraction of sp³-hybridized carbons (Fsp3) is 0.167. The molecule has 18 heavy (non-hydrogen) atoms. The van der Waals surface area contributed by atoms with E-state index in [4.69, 9.17) is 5.73 Å². The van der Waals surface area contributed by atoms with E-state index in [0.29, 0.717) is 10.9 Å². The molecule has 0 aliphatic rings. The van der Waals surface area contributed by atoms with Crippen LogP contribution in [0.3, 0.4) is 0 Å². The Balaban J connectivity index is 2.70. The number of primary amides is 1. The molecule has 0 unspecified atom stereocenters. The number of fused-ring (bicyclic) bond motifs is 1. The average Bonchev–Trinajstić information content (AvgIpc) is 2.27. The number of nitrogens with two attached hydrogens (primary N) is 1. The van der Waals surface area contributed by atoms with Gasteiger partial charge in [-0.1, -0.05) is 12.1 Å². The first-order valence-corrected chi connectivity index (χ1v) is 5.11. The first-order valence-electron chi connectivity index (χ1n) is 5.11.